The Kier molecular flexibility index (Phi) is 3.99. The Morgan fingerprint density at radius 3 is 2.94 bits per heavy atom. The van der Waals surface area contributed by atoms with E-state index in [0.29, 0.717) is 0 Å². The van der Waals surface area contributed by atoms with Crippen LogP contribution < -0.4 is 5.32 Å². The van der Waals surface area contributed by atoms with Crippen molar-refractivity contribution in [1.82, 2.24) is 14.9 Å². The molecule has 1 unspecified atom stereocenters. The summed E-state index contributed by atoms with van der Waals surface area (Å²) in [6.45, 7) is 6.64. The summed E-state index contributed by atoms with van der Waals surface area (Å²) in [6.07, 6.45) is 9.30. The number of imidazole rings is 1. The van der Waals surface area contributed by atoms with Crippen molar-refractivity contribution in [3.8, 4) is 0 Å². The fraction of sp³-hybridized carbons (Fsp3) is 0.769. The molecule has 1 fully saturated rings. The summed E-state index contributed by atoms with van der Waals surface area (Å²) < 4.78 is 2.23. The van der Waals surface area contributed by atoms with Crippen molar-refractivity contribution in [1.29, 1.82) is 0 Å². The average Bonchev–Trinajstić information content (AvgIpc) is 3.04. The first kappa shape index (κ1) is 11.6. The number of hydrogen-bond donors (Lipinski definition) is 1. The molecule has 1 saturated carbocycles. The van der Waals surface area contributed by atoms with Crippen molar-refractivity contribution in [2.45, 2.75) is 52.1 Å². The summed E-state index contributed by atoms with van der Waals surface area (Å²) in [5.41, 5.74) is 0. The standard InChI is InChI=1S/C13H23N3/c1-11(13-5-6-13)14-7-3-4-9-16-10-8-15-12(16)2/h8,10-11,13-14H,3-7,9H2,1-2H3. The smallest absolute Gasteiger partial charge is 0.105 e. The summed E-state index contributed by atoms with van der Waals surface area (Å²) in [5, 5.41) is 3.61. The van der Waals surface area contributed by atoms with Crippen LogP contribution in [-0.4, -0.2) is 22.1 Å². The zero-order chi connectivity index (χ0) is 11.4. The Labute approximate surface area is 98.3 Å². The number of aryl methyl sites for hydroxylation is 2. The Morgan fingerprint density at radius 2 is 2.31 bits per heavy atom. The van der Waals surface area contributed by atoms with Gasteiger partial charge in [0.25, 0.3) is 0 Å². The number of nitrogens with one attached hydrogen (secondary N) is 1. The maximum atomic E-state index is 4.22. The highest BCUT2D eigenvalue weighted by Crippen LogP contribution is 2.32. The van der Waals surface area contributed by atoms with Gasteiger partial charge < -0.3 is 9.88 Å². The molecule has 0 radical (unpaired) electrons. The largest absolute Gasteiger partial charge is 0.335 e. The van der Waals surface area contributed by atoms with Gasteiger partial charge in [0.15, 0.2) is 0 Å². The van der Waals surface area contributed by atoms with Crippen molar-refractivity contribution >= 4 is 0 Å². The monoisotopic (exact) mass is 221 g/mol. The maximum Gasteiger partial charge on any atom is 0.105 e. The lowest BCUT2D eigenvalue weighted by Crippen LogP contribution is -2.28. The SMILES string of the molecule is Cc1nccn1CCCCNC(C)C1CC1. The van der Waals surface area contributed by atoms with Crippen LogP contribution in [0.3, 0.4) is 0 Å². The van der Waals surface area contributed by atoms with E-state index in [1.165, 1.54) is 25.7 Å². The molecule has 2 rings (SSSR count). The van der Waals surface area contributed by atoms with Crippen LogP contribution in [0.25, 0.3) is 0 Å². The van der Waals surface area contributed by atoms with E-state index in [1.807, 2.05) is 6.20 Å². The van der Waals surface area contributed by atoms with E-state index in [0.717, 1.165) is 30.9 Å². The number of unbranched alkanes of at least 4 members (excludes halogenated alkanes) is 1. The molecule has 3 heteroatoms. The highest BCUT2D eigenvalue weighted by Gasteiger charge is 2.26. The van der Waals surface area contributed by atoms with E-state index in [1.54, 1.807) is 0 Å². The summed E-state index contributed by atoms with van der Waals surface area (Å²) in [7, 11) is 0. The number of rotatable bonds is 7. The van der Waals surface area contributed by atoms with Gasteiger partial charge in [-0.2, -0.15) is 0 Å². The minimum absolute atomic E-state index is 0.731. The molecule has 0 aliphatic heterocycles. The van der Waals surface area contributed by atoms with Gasteiger partial charge in [0.05, 0.1) is 0 Å². The van der Waals surface area contributed by atoms with Gasteiger partial charge in [0, 0.05) is 25.0 Å². The van der Waals surface area contributed by atoms with E-state index >= 15 is 0 Å². The van der Waals surface area contributed by atoms with Gasteiger partial charge in [-0.3, -0.25) is 0 Å². The molecular formula is C13H23N3. The molecule has 1 aliphatic rings. The number of nitrogens with zero attached hydrogens (tertiary/aromatic N) is 2. The van der Waals surface area contributed by atoms with Gasteiger partial charge in [0.2, 0.25) is 0 Å². The van der Waals surface area contributed by atoms with Gasteiger partial charge in [-0.1, -0.05) is 0 Å². The molecular weight excluding hydrogens is 198 g/mol. The van der Waals surface area contributed by atoms with Crippen molar-refractivity contribution in [2.24, 2.45) is 5.92 Å². The molecule has 16 heavy (non-hydrogen) atoms. The third-order valence-corrected chi connectivity index (χ3v) is 3.54. The third-order valence-electron chi connectivity index (χ3n) is 3.54. The first-order chi connectivity index (χ1) is 7.77. The first-order valence-corrected chi connectivity index (χ1v) is 6.48. The summed E-state index contributed by atoms with van der Waals surface area (Å²) in [5.74, 6) is 2.09. The molecule has 90 valence electrons. The van der Waals surface area contributed by atoms with E-state index in [4.69, 9.17) is 0 Å². The molecule has 0 spiro atoms. The Balaban J connectivity index is 1.53. The van der Waals surface area contributed by atoms with Crippen LogP contribution in [0.1, 0.15) is 38.4 Å². The highest BCUT2D eigenvalue weighted by atomic mass is 15.0. The summed E-state index contributed by atoms with van der Waals surface area (Å²) in [4.78, 5) is 4.22. The van der Waals surface area contributed by atoms with Gasteiger partial charge in [-0.05, 0) is 52.0 Å². The fourth-order valence-corrected chi connectivity index (χ4v) is 2.14. The van der Waals surface area contributed by atoms with Crippen LogP contribution in [0.5, 0.6) is 0 Å². The van der Waals surface area contributed by atoms with E-state index in [-0.39, 0.29) is 0 Å². The molecule has 0 aromatic carbocycles. The van der Waals surface area contributed by atoms with Crippen LogP contribution >= 0.6 is 0 Å². The molecule has 3 nitrogen and oxygen atoms in total. The zero-order valence-electron chi connectivity index (χ0n) is 10.4. The maximum absolute atomic E-state index is 4.22. The van der Waals surface area contributed by atoms with E-state index in [2.05, 4.69) is 34.9 Å². The molecule has 0 bridgehead atoms. The van der Waals surface area contributed by atoms with Crippen molar-refractivity contribution < 1.29 is 0 Å². The lowest BCUT2D eigenvalue weighted by Gasteiger charge is -2.12. The lowest BCUT2D eigenvalue weighted by molar-refractivity contribution is 0.474. The minimum Gasteiger partial charge on any atom is -0.335 e. The minimum atomic E-state index is 0.731. The second-order valence-electron chi connectivity index (χ2n) is 4.96. The quantitative estimate of drug-likeness (QED) is 0.716. The lowest BCUT2D eigenvalue weighted by atomic mass is 10.2. The Morgan fingerprint density at radius 1 is 1.50 bits per heavy atom. The predicted octanol–water partition coefficient (Wildman–Crippen LogP) is 2.36. The number of hydrogen-bond acceptors (Lipinski definition) is 2. The molecule has 1 heterocycles. The second-order valence-corrected chi connectivity index (χ2v) is 4.96. The van der Waals surface area contributed by atoms with Gasteiger partial charge in [-0.15, -0.1) is 0 Å². The molecule has 1 atom stereocenters. The third kappa shape index (κ3) is 3.34. The normalized spacial score (nSPS) is 17.6. The molecule has 1 aromatic heterocycles. The van der Waals surface area contributed by atoms with Crippen LogP contribution in [0, 0.1) is 12.8 Å². The summed E-state index contributed by atoms with van der Waals surface area (Å²) in [6, 6.07) is 0.731. The van der Waals surface area contributed by atoms with Crippen LogP contribution in [0.15, 0.2) is 12.4 Å². The zero-order valence-corrected chi connectivity index (χ0v) is 10.4. The van der Waals surface area contributed by atoms with Crippen LogP contribution in [-0.2, 0) is 6.54 Å². The Bertz CT molecular complexity index is 315. The van der Waals surface area contributed by atoms with E-state index in [9.17, 15) is 0 Å². The fourth-order valence-electron chi connectivity index (χ4n) is 2.14. The van der Waals surface area contributed by atoms with Gasteiger partial charge in [-0.25, -0.2) is 4.98 Å². The molecule has 0 saturated heterocycles. The van der Waals surface area contributed by atoms with Crippen molar-refractivity contribution in [3.63, 3.8) is 0 Å². The van der Waals surface area contributed by atoms with Gasteiger partial charge >= 0.3 is 0 Å². The summed E-state index contributed by atoms with van der Waals surface area (Å²) >= 11 is 0. The van der Waals surface area contributed by atoms with Crippen molar-refractivity contribution in [2.75, 3.05) is 6.54 Å². The second kappa shape index (κ2) is 5.48. The molecule has 0 amide bonds. The molecule has 1 aliphatic carbocycles. The predicted molar refractivity (Wildman–Crippen MR) is 66.4 cm³/mol. The topological polar surface area (TPSA) is 29.9 Å². The Hall–Kier alpha value is -0.830. The van der Waals surface area contributed by atoms with Crippen molar-refractivity contribution in [3.05, 3.63) is 18.2 Å². The van der Waals surface area contributed by atoms with Crippen LogP contribution in [0.4, 0.5) is 0 Å². The molecule has 1 N–H and O–H groups in total. The average molecular weight is 221 g/mol. The first-order valence-electron chi connectivity index (χ1n) is 6.48. The van der Waals surface area contributed by atoms with E-state index < -0.39 is 0 Å². The highest BCUT2D eigenvalue weighted by molar-refractivity contribution is 4.88. The molecule has 1 aromatic rings. The number of aromatic nitrogens is 2. The van der Waals surface area contributed by atoms with Crippen LogP contribution in [0.2, 0.25) is 0 Å². The van der Waals surface area contributed by atoms with Gasteiger partial charge in [0.1, 0.15) is 5.82 Å².